The number of carbonyl (C=O) groups excluding carboxylic acids is 3. The van der Waals surface area contributed by atoms with Crippen molar-refractivity contribution in [3.63, 3.8) is 0 Å². The van der Waals surface area contributed by atoms with Gasteiger partial charge in [0.05, 0.1) is 17.8 Å². The number of rotatable bonds is 5. The van der Waals surface area contributed by atoms with Crippen LogP contribution in [-0.2, 0) is 4.79 Å². The topological polar surface area (TPSA) is 91.6 Å². The maximum atomic E-state index is 12.6. The molecule has 1 aromatic heterocycles. The molecule has 1 aliphatic rings. The molecule has 0 spiro atoms. The Labute approximate surface area is 158 Å². The predicted molar refractivity (Wildman–Crippen MR) is 99.0 cm³/mol. The number of nitrogens with one attached hydrogen (secondary N) is 2. The van der Waals surface area contributed by atoms with Crippen molar-refractivity contribution in [1.82, 2.24) is 10.2 Å². The third kappa shape index (κ3) is 4.32. The Bertz CT molecular complexity index is 827. The number of hydrogen-bond acceptors (Lipinski definition) is 4. The fraction of sp³-hybridized carbons (Fsp3) is 0.278. The summed E-state index contributed by atoms with van der Waals surface area (Å²) in [6, 6.07) is 9.96. The average molecular weight is 420 g/mol. The maximum Gasteiger partial charge on any atom is 0.287 e. The lowest BCUT2D eigenvalue weighted by Gasteiger charge is -2.18. The van der Waals surface area contributed by atoms with Crippen LogP contribution in [-0.4, -0.2) is 42.3 Å². The molecule has 0 aliphatic carbocycles. The third-order valence-electron chi connectivity index (χ3n) is 4.03. The third-order valence-corrected chi connectivity index (χ3v) is 4.46. The Kier molecular flexibility index (Phi) is 5.72. The van der Waals surface area contributed by atoms with Crippen LogP contribution < -0.4 is 10.6 Å². The van der Waals surface area contributed by atoms with Crippen LogP contribution in [0, 0.1) is 0 Å². The minimum atomic E-state index is -0.493. The number of anilines is 1. The first-order valence-electron chi connectivity index (χ1n) is 8.26. The van der Waals surface area contributed by atoms with E-state index in [2.05, 4.69) is 26.6 Å². The van der Waals surface area contributed by atoms with E-state index < -0.39 is 11.8 Å². The quantitative estimate of drug-likeness (QED) is 0.778. The van der Waals surface area contributed by atoms with Crippen molar-refractivity contribution < 1.29 is 18.8 Å². The highest BCUT2D eigenvalue weighted by Gasteiger charge is 2.22. The lowest BCUT2D eigenvalue weighted by Crippen LogP contribution is -2.33. The zero-order valence-corrected chi connectivity index (χ0v) is 15.5. The molecule has 1 aliphatic heterocycles. The minimum absolute atomic E-state index is 0.0946. The molecule has 0 bridgehead atoms. The molecule has 136 valence electrons. The first-order chi connectivity index (χ1) is 12.5. The Morgan fingerprint density at radius 3 is 2.50 bits per heavy atom. The van der Waals surface area contributed by atoms with Crippen LogP contribution in [0.4, 0.5) is 5.69 Å². The van der Waals surface area contributed by atoms with E-state index in [0.717, 1.165) is 25.9 Å². The van der Waals surface area contributed by atoms with Gasteiger partial charge in [0.15, 0.2) is 10.4 Å². The van der Waals surface area contributed by atoms with Crippen LogP contribution >= 0.6 is 15.9 Å². The van der Waals surface area contributed by atoms with Gasteiger partial charge in [0.2, 0.25) is 5.91 Å². The van der Waals surface area contributed by atoms with Crippen LogP contribution in [0.1, 0.15) is 33.8 Å². The van der Waals surface area contributed by atoms with E-state index in [1.54, 1.807) is 35.2 Å². The van der Waals surface area contributed by atoms with Crippen molar-refractivity contribution >= 4 is 39.3 Å². The van der Waals surface area contributed by atoms with Gasteiger partial charge in [-0.25, -0.2) is 0 Å². The number of amides is 3. The monoisotopic (exact) mass is 419 g/mol. The largest absolute Gasteiger partial charge is 0.444 e. The van der Waals surface area contributed by atoms with Crippen molar-refractivity contribution in [3.05, 3.63) is 52.4 Å². The number of hydrogen-bond donors (Lipinski definition) is 2. The molecule has 0 atom stereocenters. The first kappa shape index (κ1) is 18.2. The number of carbonyl (C=O) groups is 3. The molecule has 8 heteroatoms. The summed E-state index contributed by atoms with van der Waals surface area (Å²) >= 11 is 3.11. The number of furan rings is 1. The summed E-state index contributed by atoms with van der Waals surface area (Å²) < 4.78 is 5.56. The van der Waals surface area contributed by atoms with Crippen molar-refractivity contribution in [2.45, 2.75) is 12.8 Å². The summed E-state index contributed by atoms with van der Waals surface area (Å²) in [5, 5.41) is 5.16. The van der Waals surface area contributed by atoms with Gasteiger partial charge >= 0.3 is 0 Å². The number of para-hydroxylation sites is 1. The minimum Gasteiger partial charge on any atom is -0.444 e. The molecule has 1 saturated heterocycles. The highest BCUT2D eigenvalue weighted by Crippen LogP contribution is 2.20. The second kappa shape index (κ2) is 8.18. The van der Waals surface area contributed by atoms with Gasteiger partial charge in [-0.3, -0.25) is 14.4 Å². The van der Waals surface area contributed by atoms with Crippen molar-refractivity contribution in [2.75, 3.05) is 25.0 Å². The van der Waals surface area contributed by atoms with Gasteiger partial charge in [0, 0.05) is 13.1 Å². The van der Waals surface area contributed by atoms with Gasteiger partial charge in [-0.2, -0.15) is 0 Å². The Hall–Kier alpha value is -2.61. The molecular weight excluding hydrogens is 402 g/mol. The average Bonchev–Trinajstić information content (AvgIpc) is 3.31. The molecule has 2 heterocycles. The van der Waals surface area contributed by atoms with Crippen LogP contribution in [0.15, 0.2) is 45.5 Å². The molecular formula is C18H18BrN3O4. The smallest absolute Gasteiger partial charge is 0.287 e. The molecule has 1 aromatic carbocycles. The number of nitrogens with zero attached hydrogens (tertiary/aromatic N) is 1. The van der Waals surface area contributed by atoms with Crippen molar-refractivity contribution in [2.24, 2.45) is 0 Å². The Balaban J connectivity index is 1.60. The van der Waals surface area contributed by atoms with Gasteiger partial charge in [0.25, 0.3) is 11.8 Å². The molecule has 3 amide bonds. The van der Waals surface area contributed by atoms with E-state index in [1.807, 2.05) is 0 Å². The van der Waals surface area contributed by atoms with Gasteiger partial charge in [0.1, 0.15) is 0 Å². The normalized spacial score (nSPS) is 13.5. The predicted octanol–water partition coefficient (Wildman–Crippen LogP) is 2.65. The molecule has 0 radical (unpaired) electrons. The van der Waals surface area contributed by atoms with Gasteiger partial charge < -0.3 is 20.0 Å². The zero-order chi connectivity index (χ0) is 18.5. The molecule has 0 unspecified atom stereocenters. The van der Waals surface area contributed by atoms with E-state index in [4.69, 9.17) is 4.42 Å². The molecule has 2 N–H and O–H groups in total. The van der Waals surface area contributed by atoms with Crippen LogP contribution in [0.25, 0.3) is 0 Å². The summed E-state index contributed by atoms with van der Waals surface area (Å²) in [6.07, 6.45) is 1.99. The Morgan fingerprint density at radius 1 is 1.08 bits per heavy atom. The van der Waals surface area contributed by atoms with Crippen LogP contribution in [0.3, 0.4) is 0 Å². The molecule has 2 aromatic rings. The highest BCUT2D eigenvalue weighted by atomic mass is 79.9. The van der Waals surface area contributed by atoms with Crippen LogP contribution in [0.5, 0.6) is 0 Å². The second-order valence-electron chi connectivity index (χ2n) is 5.88. The summed E-state index contributed by atoms with van der Waals surface area (Å²) in [5.74, 6) is -0.907. The summed E-state index contributed by atoms with van der Waals surface area (Å²) in [7, 11) is 0. The summed E-state index contributed by atoms with van der Waals surface area (Å²) in [4.78, 5) is 38.4. The van der Waals surface area contributed by atoms with E-state index >= 15 is 0 Å². The SMILES string of the molecule is O=C(CNC(=O)c1ccc(Br)o1)Nc1ccccc1C(=O)N1CCCC1. The van der Waals surface area contributed by atoms with Crippen molar-refractivity contribution in [1.29, 1.82) is 0 Å². The zero-order valence-electron chi connectivity index (χ0n) is 14.0. The van der Waals surface area contributed by atoms with Gasteiger partial charge in [-0.1, -0.05) is 12.1 Å². The summed E-state index contributed by atoms with van der Waals surface area (Å²) in [5.41, 5.74) is 0.883. The highest BCUT2D eigenvalue weighted by molar-refractivity contribution is 9.10. The molecule has 0 saturated carbocycles. The molecule has 1 fully saturated rings. The number of halogens is 1. The summed E-state index contributed by atoms with van der Waals surface area (Å²) in [6.45, 7) is 1.23. The van der Waals surface area contributed by atoms with E-state index in [0.29, 0.717) is 15.9 Å². The molecule has 3 rings (SSSR count). The van der Waals surface area contributed by atoms with Crippen LogP contribution in [0.2, 0.25) is 0 Å². The lowest BCUT2D eigenvalue weighted by molar-refractivity contribution is -0.115. The first-order valence-corrected chi connectivity index (χ1v) is 9.05. The van der Waals surface area contributed by atoms with E-state index in [-0.39, 0.29) is 18.2 Å². The number of benzene rings is 1. The van der Waals surface area contributed by atoms with Crippen molar-refractivity contribution in [3.8, 4) is 0 Å². The molecule has 26 heavy (non-hydrogen) atoms. The fourth-order valence-electron chi connectivity index (χ4n) is 2.75. The standard InChI is InChI=1S/C18H18BrN3O4/c19-15-8-7-14(26-15)17(24)20-11-16(23)21-13-6-2-1-5-12(13)18(25)22-9-3-4-10-22/h1-2,5-8H,3-4,9-11H2,(H,20,24)(H,21,23). The van der Waals surface area contributed by atoms with E-state index in [1.165, 1.54) is 6.07 Å². The van der Waals surface area contributed by atoms with E-state index in [9.17, 15) is 14.4 Å². The lowest BCUT2D eigenvalue weighted by atomic mass is 10.1. The molecule has 7 nitrogen and oxygen atoms in total. The maximum absolute atomic E-state index is 12.6. The second-order valence-corrected chi connectivity index (χ2v) is 6.66. The number of likely N-dealkylation sites (tertiary alicyclic amines) is 1. The van der Waals surface area contributed by atoms with Gasteiger partial charge in [-0.15, -0.1) is 0 Å². The fourth-order valence-corrected chi connectivity index (χ4v) is 3.05. The van der Waals surface area contributed by atoms with Gasteiger partial charge in [-0.05, 0) is 53.0 Å². The Morgan fingerprint density at radius 2 is 1.81 bits per heavy atom.